The number of nitrogens with zero attached hydrogens (tertiary/aromatic N) is 2. The molecule has 4 rings (SSSR count). The summed E-state index contributed by atoms with van der Waals surface area (Å²) in [6.07, 6.45) is 2.34. The number of rotatable bonds is 8. The smallest absolute Gasteiger partial charge is 0.242 e. The molecule has 1 atom stereocenters. The first-order valence-corrected chi connectivity index (χ1v) is 11.2. The molecule has 0 radical (unpaired) electrons. The molecule has 0 bridgehead atoms. The Balaban J connectivity index is 1.52. The Morgan fingerprint density at radius 3 is 2.72 bits per heavy atom. The SMILES string of the molecule is COc1ccc(NC(=O)[C@@H](Sc2nnc(NC3CC3)s2)c2ccccc2)cc1Cl. The Hall–Kier alpha value is -2.29. The summed E-state index contributed by atoms with van der Waals surface area (Å²) in [4.78, 5) is 13.1. The molecule has 1 heterocycles. The number of halogens is 1. The van der Waals surface area contributed by atoms with Crippen LogP contribution in [-0.4, -0.2) is 29.3 Å². The van der Waals surface area contributed by atoms with Gasteiger partial charge in [-0.25, -0.2) is 0 Å². The van der Waals surface area contributed by atoms with Crippen LogP contribution < -0.4 is 15.4 Å². The highest BCUT2D eigenvalue weighted by Gasteiger charge is 2.26. The maximum Gasteiger partial charge on any atom is 0.242 e. The monoisotopic (exact) mass is 446 g/mol. The first-order valence-electron chi connectivity index (χ1n) is 9.08. The summed E-state index contributed by atoms with van der Waals surface area (Å²) < 4.78 is 5.91. The number of aromatic nitrogens is 2. The zero-order valence-corrected chi connectivity index (χ0v) is 18.0. The fraction of sp³-hybridized carbons (Fsp3) is 0.250. The summed E-state index contributed by atoms with van der Waals surface area (Å²) in [5.74, 6) is 0.400. The van der Waals surface area contributed by atoms with Crippen LogP contribution >= 0.6 is 34.7 Å². The van der Waals surface area contributed by atoms with Gasteiger partial charge in [0.15, 0.2) is 4.34 Å². The highest BCUT2D eigenvalue weighted by molar-refractivity contribution is 8.02. The van der Waals surface area contributed by atoms with Crippen molar-refractivity contribution in [3.8, 4) is 5.75 Å². The number of carbonyl (C=O) groups is 1. The molecule has 1 fully saturated rings. The first kappa shape index (κ1) is 20.0. The van der Waals surface area contributed by atoms with Crippen LogP contribution in [0.5, 0.6) is 5.75 Å². The zero-order chi connectivity index (χ0) is 20.2. The first-order chi connectivity index (χ1) is 14.1. The van der Waals surface area contributed by atoms with Gasteiger partial charge < -0.3 is 15.4 Å². The summed E-state index contributed by atoms with van der Waals surface area (Å²) in [6.45, 7) is 0. The molecule has 9 heteroatoms. The maximum atomic E-state index is 13.1. The third-order valence-electron chi connectivity index (χ3n) is 4.29. The molecule has 6 nitrogen and oxygen atoms in total. The van der Waals surface area contributed by atoms with Crippen molar-refractivity contribution < 1.29 is 9.53 Å². The molecule has 3 aromatic rings. The van der Waals surface area contributed by atoms with Gasteiger partial charge >= 0.3 is 0 Å². The Bertz CT molecular complexity index is 995. The van der Waals surface area contributed by atoms with Crippen LogP contribution in [0.3, 0.4) is 0 Å². The lowest BCUT2D eigenvalue weighted by Gasteiger charge is -2.16. The Kier molecular flexibility index (Phi) is 6.22. The van der Waals surface area contributed by atoms with E-state index < -0.39 is 5.25 Å². The molecule has 0 unspecified atom stereocenters. The molecule has 1 amide bonds. The molecule has 0 aliphatic heterocycles. The molecule has 2 aromatic carbocycles. The lowest BCUT2D eigenvalue weighted by Crippen LogP contribution is -2.19. The predicted molar refractivity (Wildman–Crippen MR) is 118 cm³/mol. The van der Waals surface area contributed by atoms with E-state index in [4.69, 9.17) is 16.3 Å². The molecular weight excluding hydrogens is 428 g/mol. The lowest BCUT2D eigenvalue weighted by atomic mass is 10.1. The number of hydrogen-bond donors (Lipinski definition) is 2. The number of amides is 1. The van der Waals surface area contributed by atoms with E-state index in [1.807, 2.05) is 30.3 Å². The van der Waals surface area contributed by atoms with Crippen LogP contribution in [0.4, 0.5) is 10.8 Å². The summed E-state index contributed by atoms with van der Waals surface area (Å²) in [5, 5.41) is 15.5. The molecule has 2 N–H and O–H groups in total. The van der Waals surface area contributed by atoms with E-state index in [0.717, 1.165) is 15.0 Å². The molecular formula is C20H19ClN4O2S2. The lowest BCUT2D eigenvalue weighted by molar-refractivity contribution is -0.115. The second kappa shape index (κ2) is 9.02. The second-order valence-electron chi connectivity index (χ2n) is 6.54. The third kappa shape index (κ3) is 5.20. The minimum atomic E-state index is -0.473. The summed E-state index contributed by atoms with van der Waals surface area (Å²) in [7, 11) is 1.55. The van der Waals surface area contributed by atoms with Gasteiger partial charge in [0.1, 0.15) is 11.0 Å². The normalized spacial score (nSPS) is 14.3. The Labute approximate surface area is 182 Å². The van der Waals surface area contributed by atoms with Crippen molar-refractivity contribution in [1.29, 1.82) is 0 Å². The number of anilines is 2. The van der Waals surface area contributed by atoms with Crippen molar-refractivity contribution >= 4 is 51.4 Å². The van der Waals surface area contributed by atoms with E-state index in [1.165, 1.54) is 35.9 Å². The number of benzene rings is 2. The van der Waals surface area contributed by atoms with Crippen LogP contribution in [0.25, 0.3) is 0 Å². The van der Waals surface area contributed by atoms with Gasteiger partial charge in [-0.15, -0.1) is 10.2 Å². The van der Waals surface area contributed by atoms with Gasteiger partial charge in [0, 0.05) is 11.7 Å². The van der Waals surface area contributed by atoms with E-state index in [9.17, 15) is 4.79 Å². The largest absolute Gasteiger partial charge is 0.495 e. The summed E-state index contributed by atoms with van der Waals surface area (Å²) in [6, 6.07) is 15.3. The molecule has 0 spiro atoms. The highest BCUT2D eigenvalue weighted by atomic mass is 35.5. The van der Waals surface area contributed by atoms with Crippen molar-refractivity contribution in [3.63, 3.8) is 0 Å². The quantitative estimate of drug-likeness (QED) is 0.460. The fourth-order valence-electron chi connectivity index (χ4n) is 2.67. The van der Waals surface area contributed by atoms with Gasteiger partial charge in [0.2, 0.25) is 11.0 Å². The van der Waals surface area contributed by atoms with E-state index in [-0.39, 0.29) is 5.91 Å². The third-order valence-corrected chi connectivity index (χ3v) is 6.78. The Morgan fingerprint density at radius 2 is 2.03 bits per heavy atom. The Morgan fingerprint density at radius 1 is 1.24 bits per heavy atom. The van der Waals surface area contributed by atoms with Crippen LogP contribution in [-0.2, 0) is 4.79 Å². The molecule has 1 aliphatic carbocycles. The minimum absolute atomic E-state index is 0.158. The second-order valence-corrected chi connectivity index (χ2v) is 9.28. The van der Waals surface area contributed by atoms with Gasteiger partial charge in [-0.1, -0.05) is 65.0 Å². The topological polar surface area (TPSA) is 76.1 Å². The van der Waals surface area contributed by atoms with Crippen molar-refractivity contribution in [3.05, 3.63) is 59.1 Å². The van der Waals surface area contributed by atoms with E-state index >= 15 is 0 Å². The number of methoxy groups -OCH3 is 1. The number of thioether (sulfide) groups is 1. The van der Waals surface area contributed by atoms with Crippen LogP contribution in [0.15, 0.2) is 52.9 Å². The van der Waals surface area contributed by atoms with E-state index in [1.54, 1.807) is 25.3 Å². The van der Waals surface area contributed by atoms with Crippen LogP contribution in [0, 0.1) is 0 Å². The zero-order valence-electron chi connectivity index (χ0n) is 15.6. The average molecular weight is 447 g/mol. The number of nitrogens with one attached hydrogen (secondary N) is 2. The molecule has 1 saturated carbocycles. The summed E-state index contributed by atoms with van der Waals surface area (Å²) >= 11 is 9.04. The highest BCUT2D eigenvalue weighted by Crippen LogP contribution is 2.39. The van der Waals surface area contributed by atoms with Gasteiger partial charge in [0.05, 0.1) is 12.1 Å². The van der Waals surface area contributed by atoms with Crippen LogP contribution in [0.2, 0.25) is 5.02 Å². The standard InChI is InChI=1S/C20H19ClN4O2S2/c1-27-16-10-9-14(11-15(16)21)22-18(26)17(12-5-3-2-4-6-12)28-20-25-24-19(29-20)23-13-7-8-13/h2-6,9-11,13,17H,7-8H2,1H3,(H,22,26)(H,23,24)/t17-/m0/s1. The van der Waals surface area contributed by atoms with Crippen LogP contribution in [0.1, 0.15) is 23.7 Å². The van der Waals surface area contributed by atoms with Crippen molar-refractivity contribution in [2.45, 2.75) is 28.5 Å². The molecule has 0 saturated heterocycles. The van der Waals surface area contributed by atoms with Crippen molar-refractivity contribution in [2.24, 2.45) is 0 Å². The van der Waals surface area contributed by atoms with Crippen molar-refractivity contribution in [1.82, 2.24) is 10.2 Å². The number of carbonyl (C=O) groups excluding carboxylic acids is 1. The fourth-order valence-corrected chi connectivity index (χ4v) is 4.95. The van der Waals surface area contributed by atoms with E-state index in [0.29, 0.717) is 22.5 Å². The van der Waals surface area contributed by atoms with Crippen molar-refractivity contribution in [2.75, 3.05) is 17.7 Å². The average Bonchev–Trinajstić information content (AvgIpc) is 3.43. The summed E-state index contributed by atoms with van der Waals surface area (Å²) in [5.41, 5.74) is 1.50. The molecule has 1 aliphatic rings. The van der Waals surface area contributed by atoms with Gasteiger partial charge in [-0.05, 0) is 36.6 Å². The maximum absolute atomic E-state index is 13.1. The van der Waals surface area contributed by atoms with Gasteiger partial charge in [-0.3, -0.25) is 4.79 Å². The predicted octanol–water partition coefficient (Wildman–Crippen LogP) is 5.25. The number of ether oxygens (including phenoxy) is 1. The minimum Gasteiger partial charge on any atom is -0.495 e. The molecule has 29 heavy (non-hydrogen) atoms. The molecule has 150 valence electrons. The van der Waals surface area contributed by atoms with Gasteiger partial charge in [0.25, 0.3) is 0 Å². The van der Waals surface area contributed by atoms with E-state index in [2.05, 4.69) is 20.8 Å². The number of hydrogen-bond acceptors (Lipinski definition) is 7. The molecule has 1 aromatic heterocycles. The van der Waals surface area contributed by atoms with Gasteiger partial charge in [-0.2, -0.15) is 0 Å².